The molecule has 17 nitrogen and oxygen atoms in total. The highest BCUT2D eigenvalue weighted by molar-refractivity contribution is 7.13. The molecule has 6 N–H and O–H groups in total. The van der Waals surface area contributed by atoms with Gasteiger partial charge in [-0.2, -0.15) is 0 Å². The van der Waals surface area contributed by atoms with E-state index in [9.17, 15) is 28.7 Å². The first-order chi connectivity index (χ1) is 32.5. The molecule has 2 aromatic carbocycles. The molecule has 20 heteroatoms. The summed E-state index contributed by atoms with van der Waals surface area (Å²) in [4.78, 5) is 65.4. The third-order valence-corrected chi connectivity index (χ3v) is 14.1. The fourth-order valence-electron chi connectivity index (χ4n) is 9.34. The lowest BCUT2D eigenvalue weighted by Gasteiger charge is -2.44. The number of anilines is 3. The molecule has 1 aliphatic carbocycles. The van der Waals surface area contributed by atoms with Crippen molar-refractivity contribution in [3.8, 4) is 5.75 Å². The summed E-state index contributed by atoms with van der Waals surface area (Å²) in [5.74, 6) is -1.10. The predicted molar refractivity (Wildman–Crippen MR) is 252 cm³/mol. The average Bonchev–Trinajstić information content (AvgIpc) is 3.96. The van der Waals surface area contributed by atoms with Gasteiger partial charge >= 0.3 is 0 Å². The van der Waals surface area contributed by atoms with Crippen LogP contribution in [0.15, 0.2) is 66.2 Å². The van der Waals surface area contributed by atoms with Crippen molar-refractivity contribution in [3.63, 3.8) is 0 Å². The predicted octanol–water partition coefficient (Wildman–Crippen LogP) is 4.16. The quantitative estimate of drug-likeness (QED) is 0.0395. The number of aromatic nitrogens is 2. The molecule has 2 saturated heterocycles. The van der Waals surface area contributed by atoms with Crippen LogP contribution < -0.4 is 31.3 Å². The van der Waals surface area contributed by atoms with Gasteiger partial charge < -0.3 is 35.4 Å². The molecule has 3 aliphatic heterocycles. The molecule has 4 aromatic rings. The molecular weight excluding hydrogens is 903 g/mol. The second-order valence-electron chi connectivity index (χ2n) is 17.5. The summed E-state index contributed by atoms with van der Waals surface area (Å²) >= 11 is 7.52. The molecule has 358 valence electrons. The number of thiazole rings is 1. The van der Waals surface area contributed by atoms with Crippen molar-refractivity contribution in [2.24, 2.45) is 5.41 Å². The molecule has 5 heterocycles. The minimum absolute atomic E-state index is 0.0249. The molecule has 0 radical (unpaired) electrons. The maximum atomic E-state index is 14.7. The van der Waals surface area contributed by atoms with Crippen molar-refractivity contribution in [3.05, 3.63) is 93.8 Å². The highest BCUT2D eigenvalue weighted by Crippen LogP contribution is 2.43. The molecule has 2 unspecified atom stereocenters. The molecule has 8 rings (SSSR count). The number of ether oxygens (including phenoxy) is 2. The number of hydrogen-bond acceptors (Lipinski definition) is 15. The Morgan fingerprint density at radius 1 is 0.985 bits per heavy atom. The second-order valence-corrected chi connectivity index (χ2v) is 18.8. The molecule has 0 bridgehead atoms. The maximum Gasteiger partial charge on any atom is 0.255 e. The minimum Gasteiger partial charge on any atom is -0.487 e. The molecule has 2 aromatic heterocycles. The van der Waals surface area contributed by atoms with E-state index in [4.69, 9.17) is 26.1 Å². The summed E-state index contributed by atoms with van der Waals surface area (Å²) in [5, 5.41) is 29.6. The van der Waals surface area contributed by atoms with Gasteiger partial charge in [0.05, 0.1) is 30.9 Å². The van der Waals surface area contributed by atoms with E-state index in [2.05, 4.69) is 41.4 Å². The van der Waals surface area contributed by atoms with Crippen molar-refractivity contribution in [2.75, 3.05) is 82.8 Å². The van der Waals surface area contributed by atoms with E-state index in [-0.39, 0.29) is 60.5 Å². The van der Waals surface area contributed by atoms with Crippen LogP contribution in [0, 0.1) is 11.2 Å². The van der Waals surface area contributed by atoms with Crippen LogP contribution in [-0.2, 0) is 32.1 Å². The van der Waals surface area contributed by atoms with Gasteiger partial charge in [0.1, 0.15) is 18.1 Å². The molecule has 4 aliphatic rings. The first-order valence-electron chi connectivity index (χ1n) is 23.0. The van der Waals surface area contributed by atoms with Crippen molar-refractivity contribution in [1.29, 1.82) is 0 Å². The largest absolute Gasteiger partial charge is 0.487 e. The number of piperidine rings is 1. The third kappa shape index (κ3) is 12.5. The summed E-state index contributed by atoms with van der Waals surface area (Å²) in [6, 6.07) is 15.0. The number of benzene rings is 2. The Labute approximate surface area is 398 Å². The van der Waals surface area contributed by atoms with Crippen molar-refractivity contribution >= 4 is 63.2 Å². The highest BCUT2D eigenvalue weighted by atomic mass is 35.5. The molecule has 0 spiro atoms. The monoisotopic (exact) mass is 960 g/mol. The first-order valence-corrected chi connectivity index (χ1v) is 24.2. The zero-order chi connectivity index (χ0) is 46.8. The van der Waals surface area contributed by atoms with Crippen LogP contribution in [0.5, 0.6) is 5.75 Å². The minimum atomic E-state index is -0.799. The van der Waals surface area contributed by atoms with E-state index in [0.29, 0.717) is 81.0 Å². The SMILES string of the molecule is O=C1CCC(N2Cc3c(NC(=O)CNCCOCCN4CCN(CCNC(O)[C@]5(Cc6cccc(Nc7nccs7)n6)CC[C@@H](Oc6cccc(Cl)c6F)CC5)CC4)cccc3C2=O)C(=O)N1. The lowest BCUT2D eigenvalue weighted by atomic mass is 9.68. The Hall–Kier alpha value is -5.12. The Kier molecular flexibility index (Phi) is 16.4. The number of piperazine rings is 1. The number of nitrogens with one attached hydrogen (secondary N) is 5. The van der Waals surface area contributed by atoms with Crippen LogP contribution in [0.25, 0.3) is 0 Å². The number of halogens is 2. The Balaban J connectivity index is 0.724. The van der Waals surface area contributed by atoms with Gasteiger partial charge in [0.15, 0.2) is 16.7 Å². The van der Waals surface area contributed by atoms with Gasteiger partial charge in [-0.15, -0.1) is 11.3 Å². The van der Waals surface area contributed by atoms with Gasteiger partial charge in [0.25, 0.3) is 5.91 Å². The highest BCUT2D eigenvalue weighted by Gasteiger charge is 2.43. The Morgan fingerprint density at radius 2 is 1.76 bits per heavy atom. The number of pyridine rings is 1. The van der Waals surface area contributed by atoms with Crippen LogP contribution in [0.1, 0.15) is 60.1 Å². The van der Waals surface area contributed by atoms with Gasteiger partial charge in [-0.1, -0.05) is 29.8 Å². The Bertz CT molecular complexity index is 2350. The van der Waals surface area contributed by atoms with E-state index in [0.717, 1.165) is 50.1 Å². The number of nitrogens with zero attached hydrogens (tertiary/aromatic N) is 5. The second kappa shape index (κ2) is 22.8. The van der Waals surface area contributed by atoms with E-state index < -0.39 is 29.4 Å². The van der Waals surface area contributed by atoms with Crippen molar-refractivity contribution in [1.82, 2.24) is 40.6 Å². The number of fused-ring (bicyclic) bond motifs is 1. The summed E-state index contributed by atoms with van der Waals surface area (Å²) in [6.45, 7) is 7.53. The van der Waals surface area contributed by atoms with E-state index in [1.165, 1.54) is 22.3 Å². The molecule has 67 heavy (non-hydrogen) atoms. The number of hydrogen-bond donors (Lipinski definition) is 6. The third-order valence-electron chi connectivity index (χ3n) is 13.1. The van der Waals surface area contributed by atoms with Crippen LogP contribution in [0.4, 0.5) is 21.0 Å². The smallest absolute Gasteiger partial charge is 0.255 e. The number of carbonyl (C=O) groups is 4. The number of rotatable bonds is 21. The lowest BCUT2D eigenvalue weighted by Crippen LogP contribution is -2.53. The summed E-state index contributed by atoms with van der Waals surface area (Å²) in [7, 11) is 0. The molecule has 3 fully saturated rings. The normalized spacial score (nSPS) is 21.8. The number of carbonyl (C=O) groups excluding carboxylic acids is 4. The van der Waals surface area contributed by atoms with E-state index in [1.807, 2.05) is 23.6 Å². The summed E-state index contributed by atoms with van der Waals surface area (Å²) in [6.07, 6.45) is 4.31. The van der Waals surface area contributed by atoms with Crippen molar-refractivity contribution in [2.45, 2.75) is 69.9 Å². The standard InChI is InChI=1S/C47H58ClFN10O7S/c48-35-6-3-8-38(42(35)49)66-32-12-14-47(15-13-32,28-31-4-1-9-39(53-31)55-46-52-18-27-67-46)45(64)51-16-19-57-20-22-58(23-21-57)24-26-65-25-17-50-29-41(61)54-36-7-2-5-33-34(36)30-59(44(33)63)37-10-11-40(60)56-43(37)62/h1-9,18,27,32,37,45,50-51,64H,10-17,19-26,28-30H2,(H,54,61)(H,52,53,55)(H,56,60,62)/t32-,37?,45?,47-. The van der Waals surface area contributed by atoms with E-state index in [1.54, 1.807) is 36.5 Å². The summed E-state index contributed by atoms with van der Waals surface area (Å²) in [5.41, 5.74) is 1.95. The van der Waals surface area contributed by atoms with Crippen molar-refractivity contribution < 1.29 is 38.1 Å². The summed E-state index contributed by atoms with van der Waals surface area (Å²) < 4.78 is 26.7. The molecule has 2 atom stereocenters. The fraction of sp³-hybridized carbons (Fsp3) is 0.489. The van der Waals surface area contributed by atoms with E-state index >= 15 is 0 Å². The number of amides is 4. The average molecular weight is 962 g/mol. The van der Waals surface area contributed by atoms with Gasteiger partial charge in [-0.05, 0) is 74.9 Å². The number of imide groups is 1. The maximum absolute atomic E-state index is 14.7. The molecule has 1 saturated carbocycles. The van der Waals surface area contributed by atoms with Gasteiger partial charge in [0, 0.05) is 105 Å². The zero-order valence-corrected chi connectivity index (χ0v) is 38.9. The number of aliphatic hydroxyl groups excluding tert-OH is 1. The fourth-order valence-corrected chi connectivity index (χ4v) is 10.0. The topological polar surface area (TPSA) is 203 Å². The number of aliphatic hydroxyl groups is 1. The van der Waals surface area contributed by atoms with Gasteiger partial charge in [-0.25, -0.2) is 14.4 Å². The Morgan fingerprint density at radius 3 is 2.54 bits per heavy atom. The molecular formula is C47H58ClFN10O7S. The van der Waals surface area contributed by atoms with Gasteiger partial charge in [-0.3, -0.25) is 39.6 Å². The van der Waals surface area contributed by atoms with Crippen LogP contribution in [0.3, 0.4) is 0 Å². The lowest BCUT2D eigenvalue weighted by molar-refractivity contribution is -0.137. The first kappa shape index (κ1) is 48.3. The van der Waals surface area contributed by atoms with Crippen LogP contribution in [0.2, 0.25) is 5.02 Å². The van der Waals surface area contributed by atoms with Crippen LogP contribution in [-0.4, -0.2) is 144 Å². The van der Waals surface area contributed by atoms with Gasteiger partial charge in [0.2, 0.25) is 17.7 Å². The van der Waals surface area contributed by atoms with Crippen LogP contribution >= 0.6 is 22.9 Å². The molecule has 4 amide bonds. The zero-order valence-electron chi connectivity index (χ0n) is 37.3.